The Morgan fingerprint density at radius 3 is 2.74 bits per heavy atom. The van der Waals surface area contributed by atoms with Crippen LogP contribution in [0.4, 0.5) is 4.39 Å². The third-order valence-corrected chi connectivity index (χ3v) is 8.52. The molecule has 7 unspecified atom stereocenters. The van der Waals surface area contributed by atoms with Gasteiger partial charge < -0.3 is 10.6 Å². The molecular formula is C24H42FN7O3. The number of hydrazine groups is 1. The fourth-order valence-corrected chi connectivity index (χ4v) is 6.53. The Morgan fingerprint density at radius 2 is 1.89 bits per heavy atom. The molecular weight excluding hydrogens is 453 g/mol. The molecule has 5 aliphatic rings. The first-order valence-electron chi connectivity index (χ1n) is 13.7. The van der Waals surface area contributed by atoms with Crippen molar-refractivity contribution in [3.63, 3.8) is 0 Å². The topological polar surface area (TPSA) is 128 Å². The highest BCUT2D eigenvalue weighted by Gasteiger charge is 2.41. The number of carbonyl (C=O) groups excluding carboxylic acids is 2. The fourth-order valence-electron chi connectivity index (χ4n) is 6.53. The number of hydrogen-bond acceptors (Lipinski definition) is 8. The maximum absolute atomic E-state index is 13.4. The van der Waals surface area contributed by atoms with Gasteiger partial charge in [0.05, 0.1) is 18.2 Å². The molecule has 3 saturated heterocycles. The smallest absolute Gasteiger partial charge is 0.238 e. The van der Waals surface area contributed by atoms with Gasteiger partial charge in [0.15, 0.2) is 0 Å². The van der Waals surface area contributed by atoms with Gasteiger partial charge in [0.1, 0.15) is 12.4 Å². The van der Waals surface area contributed by atoms with E-state index in [1.807, 2.05) is 0 Å². The summed E-state index contributed by atoms with van der Waals surface area (Å²) in [7, 11) is 0. The summed E-state index contributed by atoms with van der Waals surface area (Å²) in [5, 5.41) is 13.9. The number of halogens is 1. The van der Waals surface area contributed by atoms with Gasteiger partial charge in [-0.15, -0.1) is 0 Å². The van der Waals surface area contributed by atoms with E-state index >= 15 is 0 Å². The molecule has 0 aromatic heterocycles. The lowest BCUT2D eigenvalue weighted by molar-refractivity contribution is -0.132. The summed E-state index contributed by atoms with van der Waals surface area (Å²) in [6.07, 6.45) is 9.08. The van der Waals surface area contributed by atoms with E-state index in [1.165, 1.54) is 0 Å². The molecule has 2 saturated carbocycles. The zero-order valence-electron chi connectivity index (χ0n) is 20.5. The van der Waals surface area contributed by atoms with Crippen molar-refractivity contribution in [2.45, 2.75) is 120 Å². The van der Waals surface area contributed by atoms with E-state index < -0.39 is 6.17 Å². The van der Waals surface area contributed by atoms with Gasteiger partial charge in [-0.1, -0.05) is 0 Å². The average Bonchev–Trinajstić information content (AvgIpc) is 3.35. The first-order chi connectivity index (χ1) is 17.0. The predicted octanol–water partition coefficient (Wildman–Crippen LogP) is 0.417. The molecule has 0 spiro atoms. The van der Waals surface area contributed by atoms with Crippen molar-refractivity contribution in [2.75, 3.05) is 6.54 Å². The van der Waals surface area contributed by atoms with Gasteiger partial charge in [0, 0.05) is 24.5 Å². The highest BCUT2D eigenvalue weighted by atomic mass is 19.1. The Balaban J connectivity index is 1.02. The quantitative estimate of drug-likeness (QED) is 0.271. The molecule has 2 aliphatic carbocycles. The normalized spacial score (nSPS) is 42.2. The molecule has 0 aromatic carbocycles. The number of alkyl halides is 1. The summed E-state index contributed by atoms with van der Waals surface area (Å²) in [5.74, 6) is 0.502. The van der Waals surface area contributed by atoms with Crippen LogP contribution in [0.15, 0.2) is 0 Å². The van der Waals surface area contributed by atoms with Gasteiger partial charge >= 0.3 is 0 Å². The van der Waals surface area contributed by atoms with Crippen LogP contribution in [-0.2, 0) is 14.4 Å². The van der Waals surface area contributed by atoms with E-state index in [-0.39, 0.29) is 54.4 Å². The van der Waals surface area contributed by atoms with Gasteiger partial charge in [-0.05, 0) is 83.1 Å². The Hall–Kier alpha value is -1.37. The minimum absolute atomic E-state index is 0.000757. The minimum Gasteiger partial charge on any atom is -0.353 e. The van der Waals surface area contributed by atoms with Crippen LogP contribution in [0.3, 0.4) is 0 Å². The molecule has 3 aliphatic heterocycles. The molecule has 3 heterocycles. The van der Waals surface area contributed by atoms with E-state index in [9.17, 15) is 14.0 Å². The minimum atomic E-state index is -0.664. The van der Waals surface area contributed by atoms with E-state index in [2.05, 4.69) is 37.6 Å². The number of amides is 2. The number of fused-ring (bicyclic) bond motifs is 1. The van der Waals surface area contributed by atoms with Crippen molar-refractivity contribution in [2.24, 2.45) is 11.8 Å². The monoisotopic (exact) mass is 495 g/mol. The second-order valence-corrected chi connectivity index (χ2v) is 11.1. The molecule has 5 rings (SSSR count). The lowest BCUT2D eigenvalue weighted by Crippen LogP contribution is -2.72. The lowest BCUT2D eigenvalue weighted by atomic mass is 9.85. The second kappa shape index (κ2) is 11.8. The Bertz CT molecular complexity index is 738. The summed E-state index contributed by atoms with van der Waals surface area (Å²) in [4.78, 5) is 30.5. The first-order valence-corrected chi connectivity index (χ1v) is 13.7. The molecule has 198 valence electrons. The van der Waals surface area contributed by atoms with Gasteiger partial charge in [0.25, 0.3) is 0 Å². The van der Waals surface area contributed by atoms with E-state index in [4.69, 9.17) is 4.84 Å². The van der Waals surface area contributed by atoms with Crippen molar-refractivity contribution in [1.82, 2.24) is 37.6 Å². The van der Waals surface area contributed by atoms with Gasteiger partial charge in [-0.3, -0.25) is 30.5 Å². The third-order valence-electron chi connectivity index (χ3n) is 8.52. The van der Waals surface area contributed by atoms with Crippen molar-refractivity contribution < 1.29 is 18.8 Å². The van der Waals surface area contributed by atoms with E-state index in [1.54, 1.807) is 0 Å². The molecule has 0 radical (unpaired) electrons. The van der Waals surface area contributed by atoms with Crippen molar-refractivity contribution in [3.05, 3.63) is 0 Å². The van der Waals surface area contributed by atoms with Crippen LogP contribution in [-0.4, -0.2) is 61.2 Å². The molecule has 2 amide bonds. The fraction of sp³-hybridized carbons (Fsp3) is 0.917. The molecule has 11 heteroatoms. The highest BCUT2D eigenvalue weighted by molar-refractivity contribution is 5.80. The summed E-state index contributed by atoms with van der Waals surface area (Å²) in [5.41, 5.74) is 9.03. The highest BCUT2D eigenvalue weighted by Crippen LogP contribution is 2.29. The van der Waals surface area contributed by atoms with Crippen LogP contribution in [0.1, 0.15) is 77.0 Å². The third kappa shape index (κ3) is 6.50. The molecule has 7 atom stereocenters. The number of rotatable bonds is 7. The van der Waals surface area contributed by atoms with Crippen LogP contribution < -0.4 is 37.6 Å². The van der Waals surface area contributed by atoms with Crippen molar-refractivity contribution in [1.29, 1.82) is 0 Å². The van der Waals surface area contributed by atoms with Crippen LogP contribution in [0, 0.1) is 11.8 Å². The first kappa shape index (κ1) is 25.3. The Morgan fingerprint density at radius 1 is 1.06 bits per heavy atom. The van der Waals surface area contributed by atoms with E-state index in [0.717, 1.165) is 57.9 Å². The molecule has 7 N–H and O–H groups in total. The zero-order chi connectivity index (χ0) is 24.2. The van der Waals surface area contributed by atoms with Crippen LogP contribution >= 0.6 is 0 Å². The number of hydroxylamine groups is 1. The summed E-state index contributed by atoms with van der Waals surface area (Å²) >= 11 is 0. The number of carbonyl (C=O) groups is 2. The average molecular weight is 496 g/mol. The Kier molecular flexibility index (Phi) is 8.51. The van der Waals surface area contributed by atoms with E-state index in [0.29, 0.717) is 31.6 Å². The number of nitrogens with one attached hydrogen (secondary N) is 7. The van der Waals surface area contributed by atoms with Gasteiger partial charge in [0.2, 0.25) is 11.8 Å². The standard InChI is InChI=1S/C24H42FN7O3/c25-15-8-6-14(7-9-15)22-29-20(35-32-22)11-10-19(33)27-16-3-1-4-17(13-16)28-23-21-18(5-2-12-26-21)24(34)31-30-23/h14-18,20-23,26,28-30,32H,1-13H2,(H,27,33)(H,31,34). The molecule has 10 nitrogen and oxygen atoms in total. The maximum atomic E-state index is 13.4. The number of piperidine rings is 1. The summed E-state index contributed by atoms with van der Waals surface area (Å²) < 4.78 is 13.4. The van der Waals surface area contributed by atoms with Gasteiger partial charge in [-0.2, -0.15) is 5.48 Å². The van der Waals surface area contributed by atoms with Crippen molar-refractivity contribution >= 4 is 11.8 Å². The maximum Gasteiger partial charge on any atom is 0.238 e. The van der Waals surface area contributed by atoms with Crippen molar-refractivity contribution in [3.8, 4) is 0 Å². The molecule has 0 aromatic rings. The SMILES string of the molecule is O=C(CCC1NC(C2CCC(F)CC2)NO1)NC1CCCC(NC2NNC(=O)C3CCCNC23)C1. The number of hydrogen-bond donors (Lipinski definition) is 7. The van der Waals surface area contributed by atoms with Crippen LogP contribution in [0.2, 0.25) is 0 Å². The molecule has 35 heavy (non-hydrogen) atoms. The second-order valence-electron chi connectivity index (χ2n) is 11.1. The molecule has 5 fully saturated rings. The molecule has 0 bridgehead atoms. The largest absolute Gasteiger partial charge is 0.353 e. The Labute approximate surface area is 206 Å². The summed E-state index contributed by atoms with van der Waals surface area (Å²) in [6.45, 7) is 0.937. The van der Waals surface area contributed by atoms with Crippen LogP contribution in [0.25, 0.3) is 0 Å². The van der Waals surface area contributed by atoms with Crippen LogP contribution in [0.5, 0.6) is 0 Å². The zero-order valence-corrected chi connectivity index (χ0v) is 20.5. The lowest BCUT2D eigenvalue weighted by Gasteiger charge is -2.44. The van der Waals surface area contributed by atoms with Gasteiger partial charge in [-0.25, -0.2) is 9.82 Å². The summed E-state index contributed by atoms with van der Waals surface area (Å²) in [6, 6.07) is 0.534. The predicted molar refractivity (Wildman–Crippen MR) is 128 cm³/mol.